The molecule has 1 fully saturated rings. The first-order valence-corrected chi connectivity index (χ1v) is 9.74. The van der Waals surface area contributed by atoms with Crippen LogP contribution in [-0.4, -0.2) is 22.6 Å². The highest BCUT2D eigenvalue weighted by molar-refractivity contribution is 5.95. The van der Waals surface area contributed by atoms with E-state index < -0.39 is 0 Å². The number of rotatable bonds is 6. The number of nitrogens with one attached hydrogen (secondary N) is 1. The average molecular weight is 394 g/mol. The zero-order valence-corrected chi connectivity index (χ0v) is 16.5. The van der Waals surface area contributed by atoms with E-state index in [1.165, 1.54) is 6.07 Å². The number of halogens is 1. The molecule has 1 saturated heterocycles. The van der Waals surface area contributed by atoms with Crippen LogP contribution >= 0.6 is 0 Å². The molecule has 0 spiro atoms. The smallest absolute Gasteiger partial charge is 0.243 e. The first-order valence-electron chi connectivity index (χ1n) is 9.74. The summed E-state index contributed by atoms with van der Waals surface area (Å²) in [7, 11) is 0. The second-order valence-electron chi connectivity index (χ2n) is 7.34. The molecule has 3 aromatic rings. The molecule has 0 radical (unpaired) electrons. The highest BCUT2D eigenvalue weighted by Crippen LogP contribution is 2.23. The maximum Gasteiger partial charge on any atom is 0.243 e. The molecule has 29 heavy (non-hydrogen) atoms. The number of carbonyl (C=O) groups excluding carboxylic acids is 1. The van der Waals surface area contributed by atoms with Crippen LogP contribution in [0, 0.1) is 12.7 Å². The van der Waals surface area contributed by atoms with Crippen molar-refractivity contribution in [3.05, 3.63) is 65.3 Å². The first kappa shape index (κ1) is 19.3. The normalized spacial score (nSPS) is 15.1. The Morgan fingerprint density at radius 3 is 2.72 bits per heavy atom. The Morgan fingerprint density at radius 2 is 2.03 bits per heavy atom. The molecule has 1 unspecified atom stereocenters. The van der Waals surface area contributed by atoms with Crippen molar-refractivity contribution in [1.29, 1.82) is 0 Å². The quantitative estimate of drug-likeness (QED) is 0.680. The van der Waals surface area contributed by atoms with Gasteiger partial charge in [0.2, 0.25) is 17.6 Å². The SMILES string of the molecule is Cc1ccc(-c2noc(C(C)NCc3ccc(N4CCCC4=O)cc3)n2)cc1F. The maximum absolute atomic E-state index is 13.8. The third kappa shape index (κ3) is 4.19. The van der Waals surface area contributed by atoms with Crippen LogP contribution in [-0.2, 0) is 11.3 Å². The largest absolute Gasteiger partial charge is 0.337 e. The van der Waals surface area contributed by atoms with Crippen molar-refractivity contribution in [2.45, 2.75) is 39.3 Å². The first-order chi connectivity index (χ1) is 14.0. The van der Waals surface area contributed by atoms with E-state index in [-0.39, 0.29) is 17.8 Å². The van der Waals surface area contributed by atoms with E-state index in [4.69, 9.17) is 4.52 Å². The number of aryl methyl sites for hydroxylation is 1. The van der Waals surface area contributed by atoms with Crippen molar-refractivity contribution >= 4 is 11.6 Å². The number of aromatic nitrogens is 2. The summed E-state index contributed by atoms with van der Waals surface area (Å²) in [6, 6.07) is 12.7. The molecular formula is C22H23FN4O2. The second-order valence-corrected chi connectivity index (χ2v) is 7.34. The van der Waals surface area contributed by atoms with Crippen molar-refractivity contribution in [3.8, 4) is 11.4 Å². The maximum atomic E-state index is 13.8. The van der Waals surface area contributed by atoms with Crippen molar-refractivity contribution in [2.75, 3.05) is 11.4 Å². The molecule has 0 aliphatic carbocycles. The van der Waals surface area contributed by atoms with Gasteiger partial charge in [-0.3, -0.25) is 4.79 Å². The number of nitrogens with zero attached hydrogens (tertiary/aromatic N) is 3. The Labute approximate surface area is 168 Å². The van der Waals surface area contributed by atoms with Gasteiger partial charge < -0.3 is 14.7 Å². The molecule has 1 atom stereocenters. The highest BCUT2D eigenvalue weighted by atomic mass is 19.1. The summed E-state index contributed by atoms with van der Waals surface area (Å²) < 4.78 is 19.1. The van der Waals surface area contributed by atoms with Gasteiger partial charge in [0, 0.05) is 30.8 Å². The minimum atomic E-state index is -0.292. The van der Waals surface area contributed by atoms with Crippen molar-refractivity contribution < 1.29 is 13.7 Å². The van der Waals surface area contributed by atoms with Gasteiger partial charge in [0.05, 0.1) is 6.04 Å². The lowest BCUT2D eigenvalue weighted by molar-refractivity contribution is -0.117. The fourth-order valence-corrected chi connectivity index (χ4v) is 3.33. The van der Waals surface area contributed by atoms with Crippen LogP contribution < -0.4 is 10.2 Å². The van der Waals surface area contributed by atoms with Gasteiger partial charge in [-0.25, -0.2) is 4.39 Å². The number of carbonyl (C=O) groups is 1. The predicted molar refractivity (Wildman–Crippen MR) is 108 cm³/mol. The molecule has 6 nitrogen and oxygen atoms in total. The summed E-state index contributed by atoms with van der Waals surface area (Å²) in [6.45, 7) is 5.05. The van der Waals surface area contributed by atoms with Crippen LogP contribution in [0.4, 0.5) is 10.1 Å². The molecule has 1 amide bonds. The summed E-state index contributed by atoms with van der Waals surface area (Å²) in [4.78, 5) is 18.1. The molecule has 2 heterocycles. The number of hydrogen-bond acceptors (Lipinski definition) is 5. The lowest BCUT2D eigenvalue weighted by Gasteiger charge is -2.16. The zero-order chi connectivity index (χ0) is 20.4. The number of benzene rings is 2. The molecule has 1 N–H and O–H groups in total. The minimum absolute atomic E-state index is 0.161. The molecule has 1 aliphatic rings. The number of hydrogen-bond donors (Lipinski definition) is 1. The van der Waals surface area contributed by atoms with Gasteiger partial charge in [0.15, 0.2) is 0 Å². The molecular weight excluding hydrogens is 371 g/mol. The summed E-state index contributed by atoms with van der Waals surface area (Å²) in [5.41, 5.74) is 3.19. The molecule has 150 valence electrons. The van der Waals surface area contributed by atoms with E-state index in [2.05, 4.69) is 15.5 Å². The van der Waals surface area contributed by atoms with Gasteiger partial charge in [0.25, 0.3) is 0 Å². The van der Waals surface area contributed by atoms with Crippen molar-refractivity contribution in [3.63, 3.8) is 0 Å². The van der Waals surface area contributed by atoms with Crippen LogP contribution in [0.3, 0.4) is 0 Å². The van der Waals surface area contributed by atoms with Gasteiger partial charge in [-0.1, -0.05) is 29.4 Å². The summed E-state index contributed by atoms with van der Waals surface area (Å²) in [6.07, 6.45) is 1.54. The lowest BCUT2D eigenvalue weighted by Crippen LogP contribution is -2.23. The second kappa shape index (κ2) is 8.13. The summed E-state index contributed by atoms with van der Waals surface area (Å²) >= 11 is 0. The molecule has 0 bridgehead atoms. The van der Waals surface area contributed by atoms with Gasteiger partial charge in [-0.05, 0) is 49.6 Å². The van der Waals surface area contributed by atoms with Crippen LogP contribution in [0.2, 0.25) is 0 Å². The van der Waals surface area contributed by atoms with Gasteiger partial charge in [-0.15, -0.1) is 0 Å². The predicted octanol–water partition coefficient (Wildman–Crippen LogP) is 4.16. The Balaban J connectivity index is 1.37. The molecule has 7 heteroatoms. The van der Waals surface area contributed by atoms with Crippen LogP contribution in [0.1, 0.15) is 42.8 Å². The van der Waals surface area contributed by atoms with E-state index in [1.807, 2.05) is 36.1 Å². The van der Waals surface area contributed by atoms with Crippen LogP contribution in [0.5, 0.6) is 0 Å². The third-order valence-electron chi connectivity index (χ3n) is 5.18. The average Bonchev–Trinajstić information content (AvgIpc) is 3.38. The Kier molecular flexibility index (Phi) is 5.40. The minimum Gasteiger partial charge on any atom is -0.337 e. The Hall–Kier alpha value is -3.06. The van der Waals surface area contributed by atoms with Crippen LogP contribution in [0.25, 0.3) is 11.4 Å². The molecule has 1 aliphatic heterocycles. The van der Waals surface area contributed by atoms with E-state index in [0.29, 0.717) is 35.8 Å². The van der Waals surface area contributed by atoms with E-state index in [9.17, 15) is 9.18 Å². The van der Waals surface area contributed by atoms with Gasteiger partial charge >= 0.3 is 0 Å². The highest BCUT2D eigenvalue weighted by Gasteiger charge is 2.21. The van der Waals surface area contributed by atoms with Crippen molar-refractivity contribution in [2.24, 2.45) is 0 Å². The zero-order valence-electron chi connectivity index (χ0n) is 16.5. The van der Waals surface area contributed by atoms with E-state index in [1.54, 1.807) is 19.1 Å². The molecule has 1 aromatic heterocycles. The fraction of sp³-hybridized carbons (Fsp3) is 0.318. The lowest BCUT2D eigenvalue weighted by atomic mass is 10.1. The Bertz CT molecular complexity index is 1020. The summed E-state index contributed by atoms with van der Waals surface area (Å²) in [5, 5.41) is 7.31. The molecule has 0 saturated carbocycles. The topological polar surface area (TPSA) is 71.3 Å². The van der Waals surface area contributed by atoms with Gasteiger partial charge in [-0.2, -0.15) is 4.98 Å². The van der Waals surface area contributed by atoms with Gasteiger partial charge in [0.1, 0.15) is 5.82 Å². The molecule has 4 rings (SSSR count). The van der Waals surface area contributed by atoms with E-state index >= 15 is 0 Å². The number of amides is 1. The Morgan fingerprint density at radius 1 is 1.24 bits per heavy atom. The van der Waals surface area contributed by atoms with Crippen molar-refractivity contribution in [1.82, 2.24) is 15.5 Å². The van der Waals surface area contributed by atoms with E-state index in [0.717, 1.165) is 24.2 Å². The summed E-state index contributed by atoms with van der Waals surface area (Å²) in [5.74, 6) is 0.705. The fourth-order valence-electron chi connectivity index (χ4n) is 3.33. The van der Waals surface area contributed by atoms with Crippen LogP contribution in [0.15, 0.2) is 47.0 Å². The number of anilines is 1. The monoisotopic (exact) mass is 394 g/mol. The third-order valence-corrected chi connectivity index (χ3v) is 5.18. The standard InChI is InChI=1S/C22H23FN4O2/c1-14-5-8-17(12-19(14)23)21-25-22(29-26-21)15(2)24-13-16-6-9-18(10-7-16)27-11-3-4-20(27)28/h5-10,12,15,24H,3-4,11,13H2,1-2H3. The molecule has 2 aromatic carbocycles.